The van der Waals surface area contributed by atoms with Gasteiger partial charge in [-0.15, -0.1) is 0 Å². The maximum Gasteiger partial charge on any atom is 0.331 e. The van der Waals surface area contributed by atoms with E-state index in [9.17, 15) is 9.59 Å². The van der Waals surface area contributed by atoms with Crippen LogP contribution in [0.1, 0.15) is 10.4 Å². The minimum absolute atomic E-state index is 0.356. The Bertz CT molecular complexity index is 570. The van der Waals surface area contributed by atoms with Crippen molar-refractivity contribution in [1.82, 2.24) is 5.43 Å². The van der Waals surface area contributed by atoms with Gasteiger partial charge in [-0.05, 0) is 24.3 Å². The monoisotopic (exact) mass is 255 g/mol. The molecular formula is C14H13N3O2. The van der Waals surface area contributed by atoms with Gasteiger partial charge < -0.3 is 5.73 Å². The fraction of sp³-hybridized carbons (Fsp3) is 0. The number of rotatable bonds is 2. The van der Waals surface area contributed by atoms with Gasteiger partial charge in [0.15, 0.2) is 0 Å². The number of hydrazine groups is 1. The zero-order valence-electron chi connectivity index (χ0n) is 10.1. The summed E-state index contributed by atoms with van der Waals surface area (Å²) < 4.78 is 0. The van der Waals surface area contributed by atoms with E-state index in [2.05, 4.69) is 5.43 Å². The summed E-state index contributed by atoms with van der Waals surface area (Å²) in [6.45, 7) is 0. The molecule has 0 aliphatic heterocycles. The maximum absolute atomic E-state index is 12.3. The molecule has 0 spiro atoms. The molecule has 0 atom stereocenters. The van der Waals surface area contributed by atoms with Crippen molar-refractivity contribution < 1.29 is 9.59 Å². The Hall–Kier alpha value is -2.82. The third-order valence-corrected chi connectivity index (χ3v) is 2.46. The molecule has 0 bridgehead atoms. The second kappa shape index (κ2) is 5.68. The number of nitrogens with one attached hydrogen (secondary N) is 1. The first-order valence-corrected chi connectivity index (χ1v) is 5.69. The average molecular weight is 255 g/mol. The molecule has 2 rings (SSSR count). The van der Waals surface area contributed by atoms with Crippen LogP contribution in [0.15, 0.2) is 60.7 Å². The lowest BCUT2D eigenvalue weighted by Gasteiger charge is -2.22. The van der Waals surface area contributed by atoms with E-state index in [1.165, 1.54) is 0 Å². The van der Waals surface area contributed by atoms with Crippen LogP contribution >= 0.6 is 0 Å². The molecule has 0 fully saturated rings. The Kier molecular flexibility index (Phi) is 3.78. The SMILES string of the molecule is NC(=O)NN(C(=O)c1ccccc1)c1ccccc1. The van der Waals surface area contributed by atoms with Gasteiger partial charge in [0.25, 0.3) is 5.91 Å². The summed E-state index contributed by atoms with van der Waals surface area (Å²) in [7, 11) is 0. The number of nitrogens with zero attached hydrogens (tertiary/aromatic N) is 1. The molecule has 0 saturated heterocycles. The largest absolute Gasteiger partial charge is 0.350 e. The van der Waals surface area contributed by atoms with Crippen molar-refractivity contribution in [3.05, 3.63) is 66.2 Å². The lowest BCUT2D eigenvalue weighted by Crippen LogP contribution is -2.48. The number of amides is 3. The van der Waals surface area contributed by atoms with Crippen LogP contribution < -0.4 is 16.2 Å². The van der Waals surface area contributed by atoms with Crippen molar-refractivity contribution in [2.75, 3.05) is 5.01 Å². The minimum Gasteiger partial charge on any atom is -0.350 e. The minimum atomic E-state index is -0.798. The molecule has 19 heavy (non-hydrogen) atoms. The topological polar surface area (TPSA) is 75.4 Å². The molecule has 5 nitrogen and oxygen atoms in total. The molecular weight excluding hydrogens is 242 g/mol. The van der Waals surface area contributed by atoms with E-state index in [0.717, 1.165) is 5.01 Å². The van der Waals surface area contributed by atoms with E-state index in [0.29, 0.717) is 11.3 Å². The average Bonchev–Trinajstić information content (AvgIpc) is 2.46. The molecule has 0 aromatic heterocycles. The van der Waals surface area contributed by atoms with Crippen molar-refractivity contribution in [3.8, 4) is 0 Å². The summed E-state index contributed by atoms with van der Waals surface area (Å²) in [5.41, 5.74) is 8.42. The molecule has 0 radical (unpaired) electrons. The van der Waals surface area contributed by atoms with Crippen LogP contribution in [0, 0.1) is 0 Å². The van der Waals surface area contributed by atoms with Gasteiger partial charge in [-0.25, -0.2) is 15.2 Å². The molecule has 2 aromatic carbocycles. The number of hydrogen-bond acceptors (Lipinski definition) is 2. The van der Waals surface area contributed by atoms with Crippen LogP contribution in [0.4, 0.5) is 10.5 Å². The third-order valence-electron chi connectivity index (χ3n) is 2.46. The number of hydrogen-bond donors (Lipinski definition) is 2. The molecule has 5 heteroatoms. The van der Waals surface area contributed by atoms with Gasteiger partial charge in [0.1, 0.15) is 0 Å². The van der Waals surface area contributed by atoms with Gasteiger partial charge in [-0.1, -0.05) is 36.4 Å². The summed E-state index contributed by atoms with van der Waals surface area (Å²) in [5.74, 6) is -0.356. The number of para-hydroxylation sites is 1. The van der Waals surface area contributed by atoms with Crippen LogP contribution in [-0.4, -0.2) is 11.9 Å². The molecule has 0 saturated carbocycles. The van der Waals surface area contributed by atoms with Gasteiger partial charge in [0.05, 0.1) is 5.69 Å². The Morgan fingerprint density at radius 1 is 0.895 bits per heavy atom. The standard InChI is InChI=1S/C14H13N3O2/c15-14(19)16-17(12-9-5-2-6-10-12)13(18)11-7-3-1-4-8-11/h1-10H,(H3,15,16,19). The van der Waals surface area contributed by atoms with Crippen molar-refractivity contribution in [2.45, 2.75) is 0 Å². The van der Waals surface area contributed by atoms with Gasteiger partial charge >= 0.3 is 6.03 Å². The zero-order chi connectivity index (χ0) is 13.7. The molecule has 0 aliphatic carbocycles. The van der Waals surface area contributed by atoms with E-state index in [1.54, 1.807) is 48.5 Å². The first-order chi connectivity index (χ1) is 9.18. The second-order valence-electron chi connectivity index (χ2n) is 3.82. The molecule has 0 aliphatic rings. The predicted octanol–water partition coefficient (Wildman–Crippen LogP) is 1.92. The summed E-state index contributed by atoms with van der Waals surface area (Å²) in [4.78, 5) is 23.4. The number of anilines is 1. The van der Waals surface area contributed by atoms with Crippen LogP contribution in [-0.2, 0) is 0 Å². The van der Waals surface area contributed by atoms with E-state index in [4.69, 9.17) is 5.73 Å². The lowest BCUT2D eigenvalue weighted by atomic mass is 10.2. The van der Waals surface area contributed by atoms with Gasteiger partial charge in [0, 0.05) is 5.56 Å². The van der Waals surface area contributed by atoms with Gasteiger partial charge in [-0.2, -0.15) is 0 Å². The number of benzene rings is 2. The fourth-order valence-electron chi connectivity index (χ4n) is 1.63. The van der Waals surface area contributed by atoms with E-state index >= 15 is 0 Å². The number of carbonyl (C=O) groups is 2. The number of urea groups is 1. The molecule has 0 unspecified atom stereocenters. The van der Waals surface area contributed by atoms with E-state index in [1.807, 2.05) is 12.1 Å². The second-order valence-corrected chi connectivity index (χ2v) is 3.82. The first-order valence-electron chi connectivity index (χ1n) is 5.69. The molecule has 3 amide bonds. The third kappa shape index (κ3) is 3.10. The van der Waals surface area contributed by atoms with Crippen molar-refractivity contribution in [3.63, 3.8) is 0 Å². The van der Waals surface area contributed by atoms with Crippen molar-refractivity contribution in [2.24, 2.45) is 5.73 Å². The summed E-state index contributed by atoms with van der Waals surface area (Å²) in [6.07, 6.45) is 0. The van der Waals surface area contributed by atoms with Crippen LogP contribution in [0.3, 0.4) is 0 Å². The van der Waals surface area contributed by atoms with E-state index in [-0.39, 0.29) is 5.91 Å². The summed E-state index contributed by atoms with van der Waals surface area (Å²) in [5, 5.41) is 1.12. The van der Waals surface area contributed by atoms with Gasteiger partial charge in [-0.3, -0.25) is 4.79 Å². The molecule has 2 aromatic rings. The van der Waals surface area contributed by atoms with Crippen LogP contribution in [0.25, 0.3) is 0 Å². The number of primary amides is 1. The van der Waals surface area contributed by atoms with Crippen LogP contribution in [0.5, 0.6) is 0 Å². The lowest BCUT2D eigenvalue weighted by molar-refractivity contribution is 0.0976. The Morgan fingerprint density at radius 2 is 1.42 bits per heavy atom. The molecule has 3 N–H and O–H groups in total. The van der Waals surface area contributed by atoms with Crippen LogP contribution in [0.2, 0.25) is 0 Å². The fourth-order valence-corrected chi connectivity index (χ4v) is 1.63. The van der Waals surface area contributed by atoms with Gasteiger partial charge in [0.2, 0.25) is 0 Å². The first kappa shape index (κ1) is 12.6. The Morgan fingerprint density at radius 3 is 1.95 bits per heavy atom. The zero-order valence-corrected chi connectivity index (χ0v) is 10.1. The Labute approximate surface area is 110 Å². The van der Waals surface area contributed by atoms with E-state index < -0.39 is 6.03 Å². The summed E-state index contributed by atoms with van der Waals surface area (Å²) in [6, 6.07) is 16.6. The number of nitrogens with two attached hydrogens (primary N) is 1. The smallest absolute Gasteiger partial charge is 0.331 e. The quantitative estimate of drug-likeness (QED) is 0.804. The molecule has 96 valence electrons. The highest BCUT2D eigenvalue weighted by Gasteiger charge is 2.18. The maximum atomic E-state index is 12.3. The highest BCUT2D eigenvalue weighted by atomic mass is 16.2. The Balaban J connectivity index is 2.33. The number of carbonyl (C=O) groups excluding carboxylic acids is 2. The van der Waals surface area contributed by atoms with Crippen molar-refractivity contribution >= 4 is 17.6 Å². The van der Waals surface area contributed by atoms with Crippen molar-refractivity contribution in [1.29, 1.82) is 0 Å². The summed E-state index contributed by atoms with van der Waals surface area (Å²) >= 11 is 0. The normalized spacial score (nSPS) is 9.68. The highest BCUT2D eigenvalue weighted by Crippen LogP contribution is 2.14. The predicted molar refractivity (Wildman–Crippen MR) is 72.4 cm³/mol. The highest BCUT2D eigenvalue weighted by molar-refractivity contribution is 6.07. The molecule has 0 heterocycles.